The van der Waals surface area contributed by atoms with Crippen LogP contribution in [0.25, 0.3) is 11.4 Å². The molecule has 0 saturated carbocycles. The monoisotopic (exact) mass is 476 g/mol. The third-order valence-electron chi connectivity index (χ3n) is 5.95. The molecule has 2 aliphatic rings. The second-order valence-corrected chi connectivity index (χ2v) is 8.03. The van der Waals surface area contributed by atoms with Gasteiger partial charge in [-0.1, -0.05) is 29.4 Å². The molecular formula is C24H24N6O5. The summed E-state index contributed by atoms with van der Waals surface area (Å²) < 4.78 is 16.3. The van der Waals surface area contributed by atoms with E-state index in [-0.39, 0.29) is 18.3 Å². The summed E-state index contributed by atoms with van der Waals surface area (Å²) >= 11 is 0. The Balaban J connectivity index is 1.33. The van der Waals surface area contributed by atoms with Gasteiger partial charge in [0.05, 0.1) is 19.4 Å². The van der Waals surface area contributed by atoms with Crippen LogP contribution in [-0.2, 0) is 22.6 Å². The number of ether oxygens (including phenoxy) is 2. The molecule has 2 amide bonds. The van der Waals surface area contributed by atoms with E-state index >= 15 is 0 Å². The van der Waals surface area contributed by atoms with E-state index in [1.165, 1.54) is 9.91 Å². The SMILES string of the molecule is CCOc1ccc(-c2noc(CN3N=N[C@H]4C(=O)N(c5ccc(CC)cc5)C(=O)[C@@H]43)n2)cc1OC. The lowest BCUT2D eigenvalue weighted by Gasteiger charge is -2.19. The van der Waals surface area contributed by atoms with Crippen molar-refractivity contribution in [2.45, 2.75) is 38.9 Å². The van der Waals surface area contributed by atoms with Crippen LogP contribution in [0.1, 0.15) is 25.3 Å². The number of aromatic nitrogens is 2. The highest BCUT2D eigenvalue weighted by Crippen LogP contribution is 2.34. The molecular weight excluding hydrogens is 452 g/mol. The summed E-state index contributed by atoms with van der Waals surface area (Å²) in [7, 11) is 1.55. The van der Waals surface area contributed by atoms with E-state index in [1.54, 1.807) is 37.4 Å². The predicted molar refractivity (Wildman–Crippen MR) is 124 cm³/mol. The first-order chi connectivity index (χ1) is 17.0. The van der Waals surface area contributed by atoms with Crippen LogP contribution in [0.2, 0.25) is 0 Å². The smallest absolute Gasteiger partial charge is 0.263 e. The van der Waals surface area contributed by atoms with Crippen LogP contribution in [-0.4, -0.2) is 52.8 Å². The summed E-state index contributed by atoms with van der Waals surface area (Å²) in [6, 6.07) is 10.9. The van der Waals surface area contributed by atoms with Gasteiger partial charge < -0.3 is 14.0 Å². The van der Waals surface area contributed by atoms with Crippen molar-refractivity contribution in [3.8, 4) is 22.9 Å². The van der Waals surface area contributed by atoms with Gasteiger partial charge in [-0.3, -0.25) is 14.6 Å². The first-order valence-corrected chi connectivity index (χ1v) is 11.3. The number of hydrogen-bond donors (Lipinski definition) is 0. The number of carbonyl (C=O) groups is 2. The van der Waals surface area contributed by atoms with Crippen molar-refractivity contribution in [1.29, 1.82) is 0 Å². The standard InChI is InChI=1S/C24H24N6O5/c1-4-14-6-9-16(10-7-14)30-23(31)20-21(24(30)32)29(28-26-20)13-19-25-22(27-35-19)15-8-11-17(34-5-2)18(12-15)33-3/h6-12,20-21H,4-5,13H2,1-3H3/t20-,21-/m1/s1. The Morgan fingerprint density at radius 3 is 2.54 bits per heavy atom. The van der Waals surface area contributed by atoms with Crippen LogP contribution in [0.5, 0.6) is 11.5 Å². The second kappa shape index (κ2) is 9.16. The Kier molecular flexibility index (Phi) is 5.89. The van der Waals surface area contributed by atoms with E-state index in [1.807, 2.05) is 26.0 Å². The quantitative estimate of drug-likeness (QED) is 0.454. The van der Waals surface area contributed by atoms with Gasteiger partial charge in [-0.25, -0.2) is 4.90 Å². The summed E-state index contributed by atoms with van der Waals surface area (Å²) in [6.45, 7) is 4.48. The largest absolute Gasteiger partial charge is 0.493 e. The van der Waals surface area contributed by atoms with E-state index in [2.05, 4.69) is 20.5 Å². The maximum absolute atomic E-state index is 13.2. The molecule has 35 heavy (non-hydrogen) atoms. The maximum atomic E-state index is 13.2. The zero-order chi connectivity index (χ0) is 24.5. The fourth-order valence-electron chi connectivity index (χ4n) is 4.15. The number of anilines is 1. The van der Waals surface area contributed by atoms with Gasteiger partial charge in [0.25, 0.3) is 11.8 Å². The highest BCUT2D eigenvalue weighted by molar-refractivity contribution is 6.25. The number of methoxy groups -OCH3 is 1. The molecule has 0 unspecified atom stereocenters. The minimum Gasteiger partial charge on any atom is -0.493 e. The van der Waals surface area contributed by atoms with Crippen molar-refractivity contribution in [1.82, 2.24) is 15.1 Å². The van der Waals surface area contributed by atoms with Gasteiger partial charge >= 0.3 is 0 Å². The normalized spacial score (nSPS) is 18.9. The molecule has 0 bridgehead atoms. The Morgan fingerprint density at radius 1 is 1.03 bits per heavy atom. The minimum atomic E-state index is -0.897. The van der Waals surface area contributed by atoms with E-state index in [0.717, 1.165) is 12.0 Å². The number of hydrogen-bond acceptors (Lipinski definition) is 10. The average Bonchev–Trinajstić information content (AvgIpc) is 3.58. The minimum absolute atomic E-state index is 0.0352. The highest BCUT2D eigenvalue weighted by atomic mass is 16.5. The van der Waals surface area contributed by atoms with Crippen molar-refractivity contribution in [3.05, 3.63) is 53.9 Å². The van der Waals surface area contributed by atoms with E-state index in [4.69, 9.17) is 14.0 Å². The van der Waals surface area contributed by atoms with Crippen molar-refractivity contribution in [3.63, 3.8) is 0 Å². The molecule has 1 saturated heterocycles. The molecule has 0 aliphatic carbocycles. The van der Waals surface area contributed by atoms with Gasteiger partial charge in [-0.15, -0.1) is 0 Å². The summed E-state index contributed by atoms with van der Waals surface area (Å²) in [6.07, 6.45) is 0.866. The molecule has 1 fully saturated rings. The lowest BCUT2D eigenvalue weighted by atomic mass is 10.1. The zero-order valence-electron chi connectivity index (χ0n) is 19.5. The van der Waals surface area contributed by atoms with Crippen LogP contribution in [0, 0.1) is 0 Å². The number of fused-ring (bicyclic) bond motifs is 1. The molecule has 3 aromatic rings. The van der Waals surface area contributed by atoms with Crippen molar-refractivity contribution in [2.75, 3.05) is 18.6 Å². The van der Waals surface area contributed by atoms with Gasteiger partial charge in [-0.05, 0) is 49.2 Å². The van der Waals surface area contributed by atoms with Crippen molar-refractivity contribution >= 4 is 17.5 Å². The first kappa shape index (κ1) is 22.5. The first-order valence-electron chi connectivity index (χ1n) is 11.3. The molecule has 2 aliphatic heterocycles. The average molecular weight is 476 g/mol. The number of nitrogens with zero attached hydrogens (tertiary/aromatic N) is 6. The topological polar surface area (TPSA) is 123 Å². The zero-order valence-corrected chi connectivity index (χ0v) is 19.5. The summed E-state index contributed by atoms with van der Waals surface area (Å²) in [5, 5.41) is 13.5. The van der Waals surface area contributed by atoms with Crippen LogP contribution < -0.4 is 14.4 Å². The van der Waals surface area contributed by atoms with Gasteiger partial charge in [0, 0.05) is 5.56 Å². The number of amides is 2. The van der Waals surface area contributed by atoms with Gasteiger partial charge in [0.15, 0.2) is 23.6 Å². The van der Waals surface area contributed by atoms with E-state index in [9.17, 15) is 9.59 Å². The molecule has 11 heteroatoms. The van der Waals surface area contributed by atoms with Crippen molar-refractivity contribution in [2.24, 2.45) is 10.3 Å². The summed E-state index contributed by atoms with van der Waals surface area (Å²) in [4.78, 5) is 31.7. The third-order valence-corrected chi connectivity index (χ3v) is 5.95. The van der Waals surface area contributed by atoms with Gasteiger partial charge in [-0.2, -0.15) is 10.1 Å². The second-order valence-electron chi connectivity index (χ2n) is 8.03. The van der Waals surface area contributed by atoms with Crippen LogP contribution in [0.4, 0.5) is 5.69 Å². The molecule has 0 N–H and O–H groups in total. The molecule has 0 radical (unpaired) electrons. The number of carbonyl (C=O) groups excluding carboxylic acids is 2. The Labute approximate surface area is 201 Å². The van der Waals surface area contributed by atoms with E-state index in [0.29, 0.717) is 35.2 Å². The molecule has 1 aromatic heterocycles. The lowest BCUT2D eigenvalue weighted by molar-refractivity contribution is -0.123. The van der Waals surface area contributed by atoms with Crippen molar-refractivity contribution < 1.29 is 23.6 Å². The molecule has 180 valence electrons. The fraction of sp³-hybridized carbons (Fsp3) is 0.333. The fourth-order valence-corrected chi connectivity index (χ4v) is 4.15. The number of aryl methyl sites for hydroxylation is 1. The number of rotatable bonds is 8. The molecule has 3 heterocycles. The van der Waals surface area contributed by atoms with Crippen LogP contribution in [0.15, 0.2) is 57.3 Å². The predicted octanol–water partition coefficient (Wildman–Crippen LogP) is 3.20. The molecule has 2 aromatic carbocycles. The highest BCUT2D eigenvalue weighted by Gasteiger charge is 2.55. The maximum Gasteiger partial charge on any atom is 0.263 e. The lowest BCUT2D eigenvalue weighted by Crippen LogP contribution is -2.39. The number of imide groups is 1. The Hall–Kier alpha value is -4.28. The third kappa shape index (κ3) is 3.98. The summed E-state index contributed by atoms with van der Waals surface area (Å²) in [5.41, 5.74) is 2.31. The Morgan fingerprint density at radius 2 is 1.83 bits per heavy atom. The van der Waals surface area contributed by atoms with Gasteiger partial charge in [0.1, 0.15) is 6.54 Å². The van der Waals surface area contributed by atoms with E-state index < -0.39 is 18.0 Å². The molecule has 11 nitrogen and oxygen atoms in total. The van der Waals surface area contributed by atoms with Gasteiger partial charge in [0.2, 0.25) is 11.7 Å². The number of benzene rings is 2. The molecule has 2 atom stereocenters. The Bertz CT molecular complexity index is 1290. The summed E-state index contributed by atoms with van der Waals surface area (Å²) in [5.74, 6) is 0.964. The van der Waals surface area contributed by atoms with Crippen LogP contribution >= 0.6 is 0 Å². The molecule has 0 spiro atoms. The molecule has 5 rings (SSSR count). The van der Waals surface area contributed by atoms with Crippen LogP contribution in [0.3, 0.4) is 0 Å².